The maximum Gasteiger partial charge on any atom is 0.223 e. The Kier molecular flexibility index (Phi) is 6.79. The molecule has 150 valence electrons. The van der Waals surface area contributed by atoms with Gasteiger partial charge in [-0.15, -0.1) is 0 Å². The zero-order chi connectivity index (χ0) is 20.8. The lowest BCUT2D eigenvalue weighted by molar-refractivity contribution is -0.132. The number of aryl methyl sites for hydroxylation is 2. The summed E-state index contributed by atoms with van der Waals surface area (Å²) in [6.45, 7) is 7.84. The molecule has 0 radical (unpaired) electrons. The Labute approximate surface area is 172 Å². The number of benzene rings is 2. The summed E-state index contributed by atoms with van der Waals surface area (Å²) in [5.41, 5.74) is 4.78. The molecule has 5 heteroatoms. The van der Waals surface area contributed by atoms with Crippen LogP contribution in [0.1, 0.15) is 45.5 Å². The van der Waals surface area contributed by atoms with Gasteiger partial charge in [0.2, 0.25) is 5.91 Å². The minimum Gasteiger partial charge on any atom is -0.340 e. The third kappa shape index (κ3) is 5.52. The van der Waals surface area contributed by atoms with Crippen molar-refractivity contribution in [3.8, 4) is 6.07 Å². The number of Topliss-reactive ketones (excluding diaryl/α,β-unsaturated/α-hetero) is 1. The fraction of sp³-hybridized carbons (Fsp3) is 0.375. The van der Waals surface area contributed by atoms with E-state index in [0.29, 0.717) is 24.2 Å². The Morgan fingerprint density at radius 3 is 2.24 bits per heavy atom. The summed E-state index contributed by atoms with van der Waals surface area (Å²) in [4.78, 5) is 29.1. The number of nitriles is 1. The zero-order valence-electron chi connectivity index (χ0n) is 17.1. The molecule has 1 saturated heterocycles. The first-order chi connectivity index (χ1) is 14.0. The van der Waals surface area contributed by atoms with E-state index < -0.39 is 0 Å². The fourth-order valence-corrected chi connectivity index (χ4v) is 3.54. The van der Waals surface area contributed by atoms with Crippen LogP contribution in [-0.4, -0.2) is 47.7 Å². The van der Waals surface area contributed by atoms with Crippen LogP contribution < -0.4 is 0 Å². The standard InChI is InChI=1S/C24H27N3O2/c1-18-3-8-22(15-19(18)2)23(28)9-10-24(29)27-13-11-26(12-14-27)17-21-6-4-20(16-25)5-7-21/h3-8,15H,9-14,17H2,1-2H3. The predicted molar refractivity (Wildman–Crippen MR) is 112 cm³/mol. The molecule has 0 spiro atoms. The second kappa shape index (κ2) is 9.49. The van der Waals surface area contributed by atoms with E-state index in [1.807, 2.05) is 61.2 Å². The molecule has 0 saturated carbocycles. The lowest BCUT2D eigenvalue weighted by Crippen LogP contribution is -2.48. The molecule has 29 heavy (non-hydrogen) atoms. The van der Waals surface area contributed by atoms with Gasteiger partial charge in [0.1, 0.15) is 0 Å². The van der Waals surface area contributed by atoms with Crippen LogP contribution in [-0.2, 0) is 11.3 Å². The Bertz CT molecular complexity index is 920. The first-order valence-electron chi connectivity index (χ1n) is 10.1. The molecule has 1 fully saturated rings. The molecule has 0 aromatic heterocycles. The van der Waals surface area contributed by atoms with Gasteiger partial charge in [-0.3, -0.25) is 14.5 Å². The van der Waals surface area contributed by atoms with Crippen LogP contribution >= 0.6 is 0 Å². The number of amides is 1. The Hall–Kier alpha value is -2.97. The van der Waals surface area contributed by atoms with Gasteiger partial charge in [-0.2, -0.15) is 5.26 Å². The summed E-state index contributed by atoms with van der Waals surface area (Å²) < 4.78 is 0. The minimum atomic E-state index is 0.0286. The molecule has 0 unspecified atom stereocenters. The van der Waals surface area contributed by atoms with Crippen LogP contribution in [0.25, 0.3) is 0 Å². The van der Waals surface area contributed by atoms with E-state index >= 15 is 0 Å². The van der Waals surface area contributed by atoms with Crippen molar-refractivity contribution in [2.75, 3.05) is 26.2 Å². The highest BCUT2D eigenvalue weighted by atomic mass is 16.2. The maximum absolute atomic E-state index is 12.5. The van der Waals surface area contributed by atoms with E-state index in [1.54, 1.807) is 0 Å². The van der Waals surface area contributed by atoms with Gasteiger partial charge in [-0.1, -0.05) is 24.3 Å². The molecule has 0 N–H and O–H groups in total. The maximum atomic E-state index is 12.5. The van der Waals surface area contributed by atoms with E-state index in [2.05, 4.69) is 11.0 Å². The van der Waals surface area contributed by atoms with Gasteiger partial charge in [-0.05, 0) is 48.7 Å². The molecule has 1 aliphatic rings. The van der Waals surface area contributed by atoms with Crippen LogP contribution in [0.2, 0.25) is 0 Å². The molecule has 2 aromatic carbocycles. The second-order valence-corrected chi connectivity index (χ2v) is 7.69. The summed E-state index contributed by atoms with van der Waals surface area (Å²) >= 11 is 0. The normalized spacial score (nSPS) is 14.4. The highest BCUT2D eigenvalue weighted by Gasteiger charge is 2.21. The predicted octanol–water partition coefficient (Wildman–Crippen LogP) is 3.48. The second-order valence-electron chi connectivity index (χ2n) is 7.69. The van der Waals surface area contributed by atoms with Crippen LogP contribution in [0.15, 0.2) is 42.5 Å². The number of hydrogen-bond acceptors (Lipinski definition) is 4. The average Bonchev–Trinajstić information content (AvgIpc) is 2.74. The van der Waals surface area contributed by atoms with Gasteiger partial charge in [0.15, 0.2) is 5.78 Å². The highest BCUT2D eigenvalue weighted by Crippen LogP contribution is 2.14. The van der Waals surface area contributed by atoms with Crippen molar-refractivity contribution in [2.24, 2.45) is 0 Å². The molecular weight excluding hydrogens is 362 g/mol. The van der Waals surface area contributed by atoms with Crippen molar-refractivity contribution in [1.82, 2.24) is 9.80 Å². The quantitative estimate of drug-likeness (QED) is 0.710. The SMILES string of the molecule is Cc1ccc(C(=O)CCC(=O)N2CCN(Cc3ccc(C#N)cc3)CC2)cc1C. The van der Waals surface area contributed by atoms with Crippen LogP contribution in [0.5, 0.6) is 0 Å². The van der Waals surface area contributed by atoms with Crippen molar-refractivity contribution in [3.05, 3.63) is 70.3 Å². The molecule has 5 nitrogen and oxygen atoms in total. The summed E-state index contributed by atoms with van der Waals surface area (Å²) in [7, 11) is 0. The number of piperazine rings is 1. The first-order valence-corrected chi connectivity index (χ1v) is 10.1. The summed E-state index contributed by atoms with van der Waals surface area (Å²) in [6.07, 6.45) is 0.522. The number of carbonyl (C=O) groups is 2. The zero-order valence-corrected chi connectivity index (χ0v) is 17.1. The third-order valence-electron chi connectivity index (χ3n) is 5.61. The molecule has 2 aromatic rings. The van der Waals surface area contributed by atoms with Crippen molar-refractivity contribution in [1.29, 1.82) is 5.26 Å². The molecule has 1 aliphatic heterocycles. The van der Waals surface area contributed by atoms with Gasteiger partial charge >= 0.3 is 0 Å². The van der Waals surface area contributed by atoms with Crippen molar-refractivity contribution < 1.29 is 9.59 Å². The van der Waals surface area contributed by atoms with Crippen molar-refractivity contribution in [2.45, 2.75) is 33.2 Å². The topological polar surface area (TPSA) is 64.4 Å². The Morgan fingerprint density at radius 2 is 1.62 bits per heavy atom. The fourth-order valence-electron chi connectivity index (χ4n) is 3.54. The summed E-state index contributed by atoms with van der Waals surface area (Å²) in [5, 5.41) is 8.88. The number of rotatable bonds is 6. The van der Waals surface area contributed by atoms with E-state index in [4.69, 9.17) is 5.26 Å². The number of nitrogens with zero attached hydrogens (tertiary/aromatic N) is 3. The van der Waals surface area contributed by atoms with Gasteiger partial charge in [0.05, 0.1) is 11.6 Å². The van der Waals surface area contributed by atoms with Crippen LogP contribution in [0.4, 0.5) is 0 Å². The third-order valence-corrected chi connectivity index (χ3v) is 5.61. The molecule has 1 amide bonds. The van der Waals surface area contributed by atoms with E-state index in [0.717, 1.165) is 30.8 Å². The van der Waals surface area contributed by atoms with Crippen LogP contribution in [0, 0.1) is 25.2 Å². The lowest BCUT2D eigenvalue weighted by atomic mass is 10.0. The Morgan fingerprint density at radius 1 is 0.931 bits per heavy atom. The van der Waals surface area contributed by atoms with Crippen molar-refractivity contribution >= 4 is 11.7 Å². The van der Waals surface area contributed by atoms with E-state index in [-0.39, 0.29) is 24.5 Å². The molecule has 0 atom stereocenters. The van der Waals surface area contributed by atoms with Gasteiger partial charge in [0, 0.05) is 51.1 Å². The largest absolute Gasteiger partial charge is 0.340 e. The van der Waals surface area contributed by atoms with Crippen LogP contribution in [0.3, 0.4) is 0 Å². The molecule has 0 aliphatic carbocycles. The molecular formula is C24H27N3O2. The van der Waals surface area contributed by atoms with Gasteiger partial charge in [0.25, 0.3) is 0 Å². The smallest absolute Gasteiger partial charge is 0.223 e. The number of ketones is 1. The Balaban J connectivity index is 1.44. The number of carbonyl (C=O) groups excluding carboxylic acids is 2. The summed E-state index contributed by atoms with van der Waals surface area (Å²) in [6, 6.07) is 15.5. The lowest BCUT2D eigenvalue weighted by Gasteiger charge is -2.34. The minimum absolute atomic E-state index is 0.0286. The molecule has 3 rings (SSSR count). The monoisotopic (exact) mass is 389 g/mol. The number of hydrogen-bond donors (Lipinski definition) is 0. The highest BCUT2D eigenvalue weighted by molar-refractivity contribution is 5.98. The average molecular weight is 389 g/mol. The first kappa shape index (κ1) is 20.8. The molecule has 1 heterocycles. The van der Waals surface area contributed by atoms with E-state index in [1.165, 1.54) is 5.56 Å². The van der Waals surface area contributed by atoms with Crippen molar-refractivity contribution in [3.63, 3.8) is 0 Å². The van der Waals surface area contributed by atoms with Gasteiger partial charge in [-0.25, -0.2) is 0 Å². The molecule has 0 bridgehead atoms. The van der Waals surface area contributed by atoms with E-state index in [9.17, 15) is 9.59 Å². The van der Waals surface area contributed by atoms with Gasteiger partial charge < -0.3 is 4.90 Å². The summed E-state index contributed by atoms with van der Waals surface area (Å²) in [5.74, 6) is 0.0844.